The zero-order valence-corrected chi connectivity index (χ0v) is 15.7. The number of carbonyl (C=O) groups is 1. The van der Waals surface area contributed by atoms with E-state index in [1.54, 1.807) is 6.92 Å². The van der Waals surface area contributed by atoms with Crippen LogP contribution in [0.4, 0.5) is 0 Å². The third-order valence-corrected chi connectivity index (χ3v) is 4.91. The highest BCUT2D eigenvalue weighted by atomic mass is 35.5. The van der Waals surface area contributed by atoms with Crippen LogP contribution in [0.15, 0.2) is 30.3 Å². The van der Waals surface area contributed by atoms with Crippen molar-refractivity contribution in [2.45, 2.75) is 52.6 Å². The average molecular weight is 359 g/mol. The molecular weight excluding hydrogens is 336 g/mol. The van der Waals surface area contributed by atoms with Gasteiger partial charge in [-0.25, -0.2) is 0 Å². The lowest BCUT2D eigenvalue weighted by Gasteiger charge is -2.16. The minimum atomic E-state index is -0.238. The van der Waals surface area contributed by atoms with Crippen LogP contribution in [0.1, 0.15) is 54.4 Å². The quantitative estimate of drug-likeness (QED) is 0.488. The van der Waals surface area contributed by atoms with Gasteiger partial charge < -0.3 is 9.47 Å². The van der Waals surface area contributed by atoms with Crippen LogP contribution in [0, 0.1) is 13.8 Å². The second-order valence-corrected chi connectivity index (χ2v) is 6.99. The maximum atomic E-state index is 11.8. The summed E-state index contributed by atoms with van der Waals surface area (Å²) in [4.78, 5) is 11.8. The first kappa shape index (κ1) is 17.8. The van der Waals surface area contributed by atoms with Gasteiger partial charge in [0.25, 0.3) is 0 Å². The number of rotatable bonds is 6. The third kappa shape index (κ3) is 4.16. The minimum absolute atomic E-state index is 0.238. The van der Waals surface area contributed by atoms with Crippen LogP contribution in [0.2, 0.25) is 5.02 Å². The van der Waals surface area contributed by atoms with Crippen molar-refractivity contribution >= 4 is 17.6 Å². The standard InChI is InChI=1S/C21H23ClO3/c1-4-21(23)25-19-7-5-6-16(15-8-9-15)17(19)12-24-20-11-14(3)13(2)10-18(20)22/h5-7,10-11,15H,4,8-9,12H2,1-3H3. The molecule has 4 heteroatoms. The number of halogens is 1. The molecule has 0 saturated heterocycles. The fraction of sp³-hybridized carbons (Fsp3) is 0.381. The fourth-order valence-corrected chi connectivity index (χ4v) is 3.09. The molecule has 0 aromatic heterocycles. The lowest BCUT2D eigenvalue weighted by molar-refractivity contribution is -0.134. The molecule has 0 aliphatic heterocycles. The Morgan fingerprint density at radius 3 is 2.56 bits per heavy atom. The first-order chi connectivity index (χ1) is 12.0. The van der Waals surface area contributed by atoms with Gasteiger partial charge in [0.05, 0.1) is 5.02 Å². The van der Waals surface area contributed by atoms with E-state index in [0.29, 0.717) is 35.5 Å². The van der Waals surface area contributed by atoms with Gasteiger partial charge in [-0.2, -0.15) is 0 Å². The molecule has 0 unspecified atom stereocenters. The average Bonchev–Trinajstić information content (AvgIpc) is 3.42. The maximum Gasteiger partial charge on any atom is 0.310 e. The van der Waals surface area contributed by atoms with E-state index in [2.05, 4.69) is 6.07 Å². The zero-order chi connectivity index (χ0) is 18.0. The summed E-state index contributed by atoms with van der Waals surface area (Å²) in [6.07, 6.45) is 2.68. The minimum Gasteiger partial charge on any atom is -0.487 e. The number of esters is 1. The number of hydrogen-bond acceptors (Lipinski definition) is 3. The topological polar surface area (TPSA) is 35.5 Å². The lowest BCUT2D eigenvalue weighted by atomic mass is 10.0. The molecule has 3 nitrogen and oxygen atoms in total. The van der Waals surface area contributed by atoms with Gasteiger partial charge >= 0.3 is 5.97 Å². The van der Waals surface area contributed by atoms with Crippen molar-refractivity contribution in [3.63, 3.8) is 0 Å². The Bertz CT molecular complexity index is 794. The van der Waals surface area contributed by atoms with Crippen molar-refractivity contribution in [3.8, 4) is 11.5 Å². The van der Waals surface area contributed by atoms with Gasteiger partial charge in [-0.3, -0.25) is 4.79 Å². The molecule has 0 bridgehead atoms. The molecule has 0 amide bonds. The highest BCUT2D eigenvalue weighted by Gasteiger charge is 2.28. The summed E-state index contributed by atoms with van der Waals surface area (Å²) in [6.45, 7) is 6.18. The summed E-state index contributed by atoms with van der Waals surface area (Å²) < 4.78 is 11.5. The Labute approximate surface area is 153 Å². The van der Waals surface area contributed by atoms with Crippen LogP contribution >= 0.6 is 11.6 Å². The SMILES string of the molecule is CCC(=O)Oc1cccc(C2CC2)c1COc1cc(C)c(C)cc1Cl. The molecule has 1 fully saturated rings. The van der Waals surface area contributed by atoms with Crippen LogP contribution in [-0.4, -0.2) is 5.97 Å². The summed E-state index contributed by atoms with van der Waals surface area (Å²) in [5.41, 5.74) is 4.42. The van der Waals surface area contributed by atoms with Crippen LogP contribution < -0.4 is 9.47 Å². The van der Waals surface area contributed by atoms with Gasteiger partial charge in [-0.15, -0.1) is 0 Å². The van der Waals surface area contributed by atoms with Gasteiger partial charge in [-0.1, -0.05) is 30.7 Å². The number of aryl methyl sites for hydroxylation is 2. The highest BCUT2D eigenvalue weighted by Crippen LogP contribution is 2.44. The number of carbonyl (C=O) groups excluding carboxylic acids is 1. The number of hydrogen-bond donors (Lipinski definition) is 0. The molecular formula is C21H23ClO3. The normalized spacial score (nSPS) is 13.6. The molecule has 25 heavy (non-hydrogen) atoms. The van der Waals surface area contributed by atoms with Gasteiger partial charge in [0.15, 0.2) is 0 Å². The van der Waals surface area contributed by atoms with E-state index in [0.717, 1.165) is 16.7 Å². The van der Waals surface area contributed by atoms with E-state index < -0.39 is 0 Å². The van der Waals surface area contributed by atoms with E-state index in [1.165, 1.54) is 18.4 Å². The predicted octanol–water partition coefficient (Wildman–Crippen LogP) is 5.73. The van der Waals surface area contributed by atoms with Crippen molar-refractivity contribution < 1.29 is 14.3 Å². The van der Waals surface area contributed by atoms with Gasteiger partial charge in [0.2, 0.25) is 0 Å². The number of ether oxygens (including phenoxy) is 2. The first-order valence-electron chi connectivity index (χ1n) is 8.71. The van der Waals surface area contributed by atoms with Crippen LogP contribution in [-0.2, 0) is 11.4 Å². The lowest BCUT2D eigenvalue weighted by Crippen LogP contribution is -2.10. The van der Waals surface area contributed by atoms with Crippen LogP contribution in [0.25, 0.3) is 0 Å². The summed E-state index contributed by atoms with van der Waals surface area (Å²) in [6, 6.07) is 9.74. The summed E-state index contributed by atoms with van der Waals surface area (Å²) in [7, 11) is 0. The van der Waals surface area contributed by atoms with Crippen molar-refractivity contribution in [1.29, 1.82) is 0 Å². The molecule has 0 N–H and O–H groups in total. The van der Waals surface area contributed by atoms with Gasteiger partial charge in [-0.05, 0) is 67.5 Å². The Morgan fingerprint density at radius 1 is 1.16 bits per heavy atom. The second-order valence-electron chi connectivity index (χ2n) is 6.58. The molecule has 0 spiro atoms. The van der Waals surface area contributed by atoms with E-state index in [-0.39, 0.29) is 5.97 Å². The van der Waals surface area contributed by atoms with Gasteiger partial charge in [0, 0.05) is 12.0 Å². The van der Waals surface area contributed by atoms with Crippen molar-refractivity contribution in [3.05, 3.63) is 57.6 Å². The van der Waals surface area contributed by atoms with Crippen molar-refractivity contribution in [1.82, 2.24) is 0 Å². The molecule has 0 radical (unpaired) electrons. The number of benzene rings is 2. The Hall–Kier alpha value is -2.00. The zero-order valence-electron chi connectivity index (χ0n) is 14.9. The first-order valence-corrected chi connectivity index (χ1v) is 9.09. The molecule has 1 aliphatic carbocycles. The summed E-state index contributed by atoms with van der Waals surface area (Å²) in [5.74, 6) is 1.55. The van der Waals surface area contributed by atoms with Crippen molar-refractivity contribution in [2.24, 2.45) is 0 Å². The van der Waals surface area contributed by atoms with Crippen LogP contribution in [0.3, 0.4) is 0 Å². The van der Waals surface area contributed by atoms with E-state index >= 15 is 0 Å². The fourth-order valence-electron chi connectivity index (χ4n) is 2.82. The molecule has 132 valence electrons. The molecule has 2 aromatic rings. The molecule has 3 rings (SSSR count). The summed E-state index contributed by atoms with van der Waals surface area (Å²) in [5, 5.41) is 0.596. The summed E-state index contributed by atoms with van der Waals surface area (Å²) >= 11 is 6.32. The molecule has 1 saturated carbocycles. The Kier molecular flexibility index (Phi) is 5.33. The monoisotopic (exact) mass is 358 g/mol. The molecule has 2 aromatic carbocycles. The van der Waals surface area contributed by atoms with E-state index in [4.69, 9.17) is 21.1 Å². The molecule has 1 aliphatic rings. The smallest absolute Gasteiger partial charge is 0.310 e. The Morgan fingerprint density at radius 2 is 1.88 bits per heavy atom. The second kappa shape index (κ2) is 7.49. The Balaban J connectivity index is 1.88. The molecule has 0 atom stereocenters. The third-order valence-electron chi connectivity index (χ3n) is 4.62. The predicted molar refractivity (Wildman–Crippen MR) is 99.6 cm³/mol. The van der Waals surface area contributed by atoms with Crippen LogP contribution in [0.5, 0.6) is 11.5 Å². The van der Waals surface area contributed by atoms with Gasteiger partial charge in [0.1, 0.15) is 18.1 Å². The maximum absolute atomic E-state index is 11.8. The van der Waals surface area contributed by atoms with Crippen molar-refractivity contribution in [2.75, 3.05) is 0 Å². The molecule has 0 heterocycles. The van der Waals surface area contributed by atoms with E-state index in [9.17, 15) is 4.79 Å². The highest BCUT2D eigenvalue weighted by molar-refractivity contribution is 6.32. The largest absolute Gasteiger partial charge is 0.487 e. The van der Waals surface area contributed by atoms with E-state index in [1.807, 2.05) is 38.1 Å².